The fourth-order valence-electron chi connectivity index (χ4n) is 4.52. The Labute approximate surface area is 197 Å². The topological polar surface area (TPSA) is 44.7 Å². The minimum Gasteiger partial charge on any atom is -0.366 e. The average Bonchev–Trinajstić information content (AvgIpc) is 3.04. The number of fused-ring (bicyclic) bond motifs is 1. The first-order valence-corrected chi connectivity index (χ1v) is 11.9. The smallest absolute Gasteiger partial charge is 0.264 e. The van der Waals surface area contributed by atoms with Crippen molar-refractivity contribution in [3.63, 3.8) is 0 Å². The van der Waals surface area contributed by atoms with Gasteiger partial charge in [-0.2, -0.15) is 0 Å². The normalized spacial score (nSPS) is 22.7. The van der Waals surface area contributed by atoms with E-state index in [1.165, 1.54) is 23.0 Å². The molecule has 0 saturated carbocycles. The summed E-state index contributed by atoms with van der Waals surface area (Å²) in [6, 6.07) is 11.7. The van der Waals surface area contributed by atoms with Gasteiger partial charge in [0.1, 0.15) is 0 Å². The molecule has 2 aliphatic rings. The number of halogens is 2. The number of carbonyl (C=O) groups is 1. The number of nitrogens with zero attached hydrogens (tertiary/aromatic N) is 2. The molecule has 2 aliphatic heterocycles. The fraction of sp³-hybridized carbons (Fsp3) is 0.333. The molecule has 0 radical (unpaired) electrons. The van der Waals surface area contributed by atoms with Gasteiger partial charge in [0.25, 0.3) is 5.91 Å². The molecule has 2 aromatic carbocycles. The second-order valence-corrected chi connectivity index (χ2v) is 10.4. The summed E-state index contributed by atoms with van der Waals surface area (Å²) in [6.45, 7) is 10.1. The van der Waals surface area contributed by atoms with Crippen molar-refractivity contribution in [2.24, 2.45) is 4.99 Å². The molecule has 4 nitrogen and oxygen atoms in total. The first-order chi connectivity index (χ1) is 14.7. The highest BCUT2D eigenvalue weighted by molar-refractivity contribution is 8.18. The van der Waals surface area contributed by atoms with Crippen LogP contribution in [0, 0.1) is 0 Å². The largest absolute Gasteiger partial charge is 0.366 e. The summed E-state index contributed by atoms with van der Waals surface area (Å²) in [7, 11) is 0. The maximum Gasteiger partial charge on any atom is 0.264 e. The van der Waals surface area contributed by atoms with E-state index in [1.54, 1.807) is 18.2 Å². The molecule has 0 spiro atoms. The Bertz CT molecular complexity index is 1110. The zero-order valence-electron chi connectivity index (χ0n) is 18.0. The summed E-state index contributed by atoms with van der Waals surface area (Å²) in [5, 5.41) is 4.11. The summed E-state index contributed by atoms with van der Waals surface area (Å²) in [4.78, 5) is 20.1. The minimum atomic E-state index is -0.163. The van der Waals surface area contributed by atoms with Crippen LogP contribution in [-0.2, 0) is 4.79 Å². The van der Waals surface area contributed by atoms with Crippen molar-refractivity contribution in [1.29, 1.82) is 0 Å². The molecule has 1 amide bonds. The van der Waals surface area contributed by atoms with E-state index in [-0.39, 0.29) is 11.4 Å². The highest BCUT2D eigenvalue weighted by atomic mass is 35.5. The van der Waals surface area contributed by atoms with E-state index in [4.69, 9.17) is 23.2 Å². The van der Waals surface area contributed by atoms with Gasteiger partial charge >= 0.3 is 0 Å². The average molecular weight is 474 g/mol. The Morgan fingerprint density at radius 3 is 2.81 bits per heavy atom. The van der Waals surface area contributed by atoms with E-state index < -0.39 is 0 Å². The molecule has 7 heteroatoms. The summed E-state index contributed by atoms with van der Waals surface area (Å²) in [5.41, 5.74) is 4.30. The van der Waals surface area contributed by atoms with Crippen molar-refractivity contribution in [3.05, 3.63) is 62.5 Å². The van der Waals surface area contributed by atoms with Crippen LogP contribution in [0.5, 0.6) is 0 Å². The molecule has 1 atom stereocenters. The van der Waals surface area contributed by atoms with Crippen molar-refractivity contribution in [2.45, 2.75) is 45.6 Å². The lowest BCUT2D eigenvalue weighted by molar-refractivity contribution is -0.115. The van der Waals surface area contributed by atoms with Crippen molar-refractivity contribution in [2.75, 3.05) is 11.4 Å². The third-order valence-electron chi connectivity index (χ3n) is 5.83. The van der Waals surface area contributed by atoms with Crippen LogP contribution in [-0.4, -0.2) is 23.2 Å². The molecule has 2 heterocycles. The predicted molar refractivity (Wildman–Crippen MR) is 134 cm³/mol. The van der Waals surface area contributed by atoms with E-state index in [0.29, 0.717) is 31.7 Å². The van der Waals surface area contributed by atoms with Crippen LogP contribution in [0.25, 0.3) is 6.08 Å². The number of benzene rings is 2. The number of thioether (sulfide) groups is 1. The summed E-state index contributed by atoms with van der Waals surface area (Å²) < 4.78 is 0. The molecule has 31 heavy (non-hydrogen) atoms. The Balaban J connectivity index is 1.62. The zero-order chi connectivity index (χ0) is 22.3. The second-order valence-electron chi connectivity index (χ2n) is 8.53. The maximum absolute atomic E-state index is 12.5. The molecule has 1 saturated heterocycles. The van der Waals surface area contributed by atoms with Gasteiger partial charge < -0.3 is 10.2 Å². The lowest BCUT2D eigenvalue weighted by Gasteiger charge is -2.47. The number of nitrogens with one attached hydrogen (secondary N) is 1. The number of anilines is 1. The number of aliphatic imine (C=N–C) groups is 1. The van der Waals surface area contributed by atoms with Crippen molar-refractivity contribution < 1.29 is 4.79 Å². The number of hydrogen-bond donors (Lipinski definition) is 1. The number of hydrogen-bond acceptors (Lipinski definition) is 4. The standard InChI is InChI=1S/C24H25Cl2N3OS/c1-5-29-19-10-9-15(11-16(19)14(2)13-24(29,3)4)12-20-22(30)28-23(31-20)27-18-8-6-7-17(25)21(18)26/h6-12,14H,5,13H2,1-4H3,(H,27,28,30)/b20-12+. The van der Waals surface area contributed by atoms with Crippen LogP contribution in [0.3, 0.4) is 0 Å². The van der Waals surface area contributed by atoms with Gasteiger partial charge in [-0.3, -0.25) is 4.79 Å². The van der Waals surface area contributed by atoms with Crippen LogP contribution >= 0.6 is 35.0 Å². The molecule has 2 aromatic rings. The van der Waals surface area contributed by atoms with Gasteiger partial charge in [0.15, 0.2) is 5.17 Å². The maximum atomic E-state index is 12.5. The Kier molecular flexibility index (Phi) is 6.12. The van der Waals surface area contributed by atoms with Crippen molar-refractivity contribution >= 4 is 63.5 Å². The number of rotatable bonds is 3. The van der Waals surface area contributed by atoms with Crippen LogP contribution in [0.15, 0.2) is 46.3 Å². The Morgan fingerprint density at radius 2 is 2.06 bits per heavy atom. The van der Waals surface area contributed by atoms with Crippen LogP contribution in [0.4, 0.5) is 11.4 Å². The highest BCUT2D eigenvalue weighted by Crippen LogP contribution is 2.44. The minimum absolute atomic E-state index is 0.134. The van der Waals surface area contributed by atoms with Crippen LogP contribution in [0.2, 0.25) is 10.0 Å². The summed E-state index contributed by atoms with van der Waals surface area (Å²) in [5.74, 6) is 0.294. The number of carbonyl (C=O) groups excluding carboxylic acids is 1. The molecule has 1 unspecified atom stereocenters. The van der Waals surface area contributed by atoms with Crippen LogP contribution < -0.4 is 10.2 Å². The molecule has 0 aromatic heterocycles. The first-order valence-electron chi connectivity index (χ1n) is 10.3. The van der Waals surface area contributed by atoms with Crippen LogP contribution in [0.1, 0.15) is 51.2 Å². The third-order valence-corrected chi connectivity index (χ3v) is 7.55. The lowest BCUT2D eigenvalue weighted by Crippen LogP contribution is -2.48. The molecular weight excluding hydrogens is 449 g/mol. The third kappa shape index (κ3) is 4.36. The van der Waals surface area contributed by atoms with E-state index in [0.717, 1.165) is 18.5 Å². The quantitative estimate of drug-likeness (QED) is 0.488. The molecule has 0 bridgehead atoms. The summed E-state index contributed by atoms with van der Waals surface area (Å²) in [6.07, 6.45) is 3.02. The molecule has 4 rings (SSSR count). The highest BCUT2D eigenvalue weighted by Gasteiger charge is 2.35. The second kappa shape index (κ2) is 8.53. The molecule has 162 valence electrons. The van der Waals surface area contributed by atoms with E-state index in [9.17, 15) is 4.79 Å². The van der Waals surface area contributed by atoms with Gasteiger partial charge in [-0.1, -0.05) is 42.3 Å². The fourth-order valence-corrected chi connectivity index (χ4v) is 5.69. The molecule has 0 aliphatic carbocycles. The number of amidine groups is 1. The molecular formula is C24H25Cl2N3OS. The Hall–Kier alpha value is -1.95. The van der Waals surface area contributed by atoms with E-state index in [2.05, 4.69) is 61.1 Å². The number of amides is 1. The Morgan fingerprint density at radius 1 is 1.29 bits per heavy atom. The van der Waals surface area contributed by atoms with Gasteiger partial charge in [0, 0.05) is 17.8 Å². The molecule has 1 N–H and O–H groups in total. The van der Waals surface area contributed by atoms with E-state index >= 15 is 0 Å². The first kappa shape index (κ1) is 22.3. The van der Waals surface area contributed by atoms with Gasteiger partial charge in [0.2, 0.25) is 0 Å². The van der Waals surface area contributed by atoms with Gasteiger partial charge in [0.05, 0.1) is 20.6 Å². The van der Waals surface area contributed by atoms with E-state index in [1.807, 2.05) is 6.08 Å². The summed E-state index contributed by atoms with van der Waals surface area (Å²) >= 11 is 13.6. The SMILES string of the molecule is CCN1c2ccc(/C=C3/SC(=Nc4cccc(Cl)c4Cl)NC3=O)cc2C(C)CC1(C)C. The van der Waals surface area contributed by atoms with Crippen molar-refractivity contribution in [1.82, 2.24) is 5.32 Å². The van der Waals surface area contributed by atoms with Gasteiger partial charge in [-0.15, -0.1) is 0 Å². The van der Waals surface area contributed by atoms with Gasteiger partial charge in [-0.25, -0.2) is 4.99 Å². The van der Waals surface area contributed by atoms with Gasteiger partial charge in [-0.05, 0) is 86.3 Å². The zero-order valence-corrected chi connectivity index (χ0v) is 20.3. The lowest BCUT2D eigenvalue weighted by atomic mass is 9.79. The predicted octanol–water partition coefficient (Wildman–Crippen LogP) is 7.00. The molecule has 1 fully saturated rings. The van der Waals surface area contributed by atoms with Crippen molar-refractivity contribution in [3.8, 4) is 0 Å². The monoisotopic (exact) mass is 473 g/mol.